The largest absolute Gasteiger partial charge is 0.493 e. The Bertz CT molecular complexity index is 2660. The fraction of sp³-hybridized carbons (Fsp3) is 0.421. The number of phosphoric acid groups is 1. The summed E-state index contributed by atoms with van der Waals surface area (Å²) in [6.07, 6.45) is -10.9. The third kappa shape index (κ3) is 10.5. The van der Waals surface area contributed by atoms with E-state index in [1.165, 1.54) is 15.9 Å². The molecule has 3 aliphatic heterocycles. The number of aliphatic hydroxyl groups excluding tert-OH is 6. The molecule has 2 fully saturated rings. The summed E-state index contributed by atoms with van der Waals surface area (Å²) in [6.45, 7) is 1.96. The lowest BCUT2D eigenvalue weighted by Crippen LogP contribution is -2.59. The van der Waals surface area contributed by atoms with Gasteiger partial charge in [-0.15, -0.1) is 0 Å². The minimum Gasteiger partial charge on any atom is -0.493 e. The molecule has 3 aliphatic rings. The van der Waals surface area contributed by atoms with Crippen LogP contribution in [0, 0.1) is 6.92 Å². The van der Waals surface area contributed by atoms with Crippen LogP contribution in [-0.2, 0) is 29.9 Å². The lowest BCUT2D eigenvalue weighted by molar-refractivity contribution is -0.279. The van der Waals surface area contributed by atoms with Gasteiger partial charge in [-0.05, 0) is 24.1 Å². The Morgan fingerprint density at radius 2 is 1.55 bits per heavy atom. The van der Waals surface area contributed by atoms with E-state index >= 15 is 0 Å². The summed E-state index contributed by atoms with van der Waals surface area (Å²) in [5, 5.41) is 75.4. The van der Waals surface area contributed by atoms with Crippen LogP contribution in [0.5, 0.6) is 17.2 Å². The van der Waals surface area contributed by atoms with Crippen LogP contribution >= 0.6 is 7.82 Å². The first kappa shape index (κ1) is 50.1. The number of rotatable bonds is 11. The van der Waals surface area contributed by atoms with Gasteiger partial charge in [0.05, 0.1) is 38.8 Å². The van der Waals surface area contributed by atoms with Gasteiger partial charge in [0.2, 0.25) is 11.7 Å². The lowest BCUT2D eigenvalue weighted by atomic mass is 9.99. The van der Waals surface area contributed by atoms with Gasteiger partial charge < -0.3 is 96.3 Å². The number of phosphoric ester groups is 1. The van der Waals surface area contributed by atoms with Crippen molar-refractivity contribution in [2.45, 2.75) is 68.7 Å². The fourth-order valence-corrected chi connectivity index (χ4v) is 7.70. The number of ether oxygens (including phenoxy) is 5. The number of hydrazone groups is 1. The van der Waals surface area contributed by atoms with E-state index in [-0.39, 0.29) is 11.8 Å². The molecule has 0 bridgehead atoms. The van der Waals surface area contributed by atoms with Crippen LogP contribution in [-0.4, -0.2) is 166 Å². The van der Waals surface area contributed by atoms with E-state index in [9.17, 15) is 19.6 Å². The van der Waals surface area contributed by atoms with Gasteiger partial charge in [0.1, 0.15) is 54.4 Å². The van der Waals surface area contributed by atoms with E-state index in [1.54, 1.807) is 34.6 Å². The summed E-state index contributed by atoms with van der Waals surface area (Å²) >= 11 is 0. The van der Waals surface area contributed by atoms with E-state index in [1.807, 2.05) is 31.2 Å². The van der Waals surface area contributed by atoms with Crippen molar-refractivity contribution in [2.24, 2.45) is 10.8 Å². The molecule has 0 saturated carbocycles. The van der Waals surface area contributed by atoms with Gasteiger partial charge in [-0.1, -0.05) is 6.07 Å². The molecule has 0 unspecified atom stereocenters. The number of aromatic nitrogens is 5. The van der Waals surface area contributed by atoms with Crippen LogP contribution in [0.15, 0.2) is 41.9 Å². The molecule has 29 heteroatoms. The molecule has 2 aromatic carbocycles. The minimum absolute atomic E-state index is 0.169. The van der Waals surface area contributed by atoms with Gasteiger partial charge in [0, 0.05) is 48.6 Å². The number of carboxylic acid groups (broad SMARTS) is 1. The molecule has 5 aromatic rings. The summed E-state index contributed by atoms with van der Waals surface area (Å²) < 4.78 is 42.8. The number of hydrogen-bond acceptors (Lipinski definition) is 24. The molecule has 9 atom stereocenters. The Morgan fingerprint density at radius 1 is 0.881 bits per heavy atom. The van der Waals surface area contributed by atoms with Crippen LogP contribution in [0.2, 0.25) is 0 Å². The molecule has 28 nitrogen and oxygen atoms in total. The second-order valence-corrected chi connectivity index (χ2v) is 16.2. The number of anilines is 4. The Labute approximate surface area is 379 Å². The number of carboxylic acids is 1. The maximum absolute atomic E-state index is 10.9. The molecule has 3 aromatic heterocycles. The Kier molecular flexibility index (Phi) is 15.2. The van der Waals surface area contributed by atoms with E-state index in [4.69, 9.17) is 71.5 Å². The quantitative estimate of drug-likeness (QED) is 0.0627. The number of amidine groups is 1. The number of hydrogen-bond donors (Lipinski definition) is 13. The highest BCUT2D eigenvalue weighted by Gasteiger charge is 2.47. The zero-order valence-corrected chi connectivity index (χ0v) is 37.1. The molecular formula is C38H50N11O17P. The number of aliphatic hydroxyl groups is 6. The number of aryl methyl sites for hydroxylation is 1. The van der Waals surface area contributed by atoms with E-state index in [0.717, 1.165) is 27.7 Å². The minimum atomic E-state index is -4.75. The van der Waals surface area contributed by atoms with Crippen molar-refractivity contribution in [3.05, 3.63) is 53.5 Å². The Hall–Kier alpha value is -6.27. The van der Waals surface area contributed by atoms with Gasteiger partial charge in [-0.2, -0.15) is 10.1 Å². The van der Waals surface area contributed by atoms with Crippen molar-refractivity contribution in [3.63, 3.8) is 0 Å². The monoisotopic (exact) mass is 963 g/mol. The standard InChI is InChI=1S/C19H23N5O3.C13H17N6O7P.C6H10O7/c1-10-11(5-6-13-16(10)18(20)24-19(21)23-13)9-22-12-7-14(25-2)17(27-4)15(8-12)26-3;1-18-11-7-5(10(14)17-18)2-19(12(7)16-4-15-11)13-9(21)8(20)6(26-13)3-25-27(22,23)24;7-1-2(8)4(5(10)11)13-6(12)3(1)9/h5-8,22H,9H2,1-4H3,(H4,20,21,23,24);2,4,6,8-9,13,20-21H,3H2,1H3,(H2,14,17)(H2,22,23,24);1-4,6-9,12H,(H,10,11)/t;6-,8-,9-,13-;1-,2-,3+,4-,6+/m.10/s1. The van der Waals surface area contributed by atoms with Gasteiger partial charge >= 0.3 is 13.8 Å². The van der Waals surface area contributed by atoms with Crippen molar-refractivity contribution >= 4 is 64.8 Å². The molecule has 364 valence electrons. The third-order valence-electron chi connectivity index (χ3n) is 10.7. The first-order valence-corrected chi connectivity index (χ1v) is 21.2. The molecule has 67 heavy (non-hydrogen) atoms. The highest BCUT2D eigenvalue weighted by atomic mass is 31.2. The molecule has 2 saturated heterocycles. The number of nitrogens with zero attached hydrogens (tertiary/aromatic N) is 7. The number of aliphatic carboxylic acids is 1. The number of nitrogens with two attached hydrogens (primary N) is 3. The summed E-state index contributed by atoms with van der Waals surface area (Å²) in [5.74, 6) is 1.49. The van der Waals surface area contributed by atoms with Crippen molar-refractivity contribution in [2.75, 3.05) is 56.8 Å². The molecule has 0 amide bonds. The smallest absolute Gasteiger partial charge is 0.469 e. The van der Waals surface area contributed by atoms with E-state index in [0.29, 0.717) is 52.0 Å². The molecule has 8 rings (SSSR count). The summed E-state index contributed by atoms with van der Waals surface area (Å²) in [5.41, 5.74) is 22.3. The van der Waals surface area contributed by atoms with Gasteiger partial charge in [-0.3, -0.25) is 4.52 Å². The van der Waals surface area contributed by atoms with Crippen molar-refractivity contribution < 1.29 is 83.1 Å². The first-order valence-electron chi connectivity index (χ1n) is 19.7. The van der Waals surface area contributed by atoms with E-state index in [2.05, 4.69) is 39.6 Å². The summed E-state index contributed by atoms with van der Waals surface area (Å²) in [6, 6.07) is 7.60. The number of nitrogen functional groups attached to an aromatic ring is 2. The topological polar surface area (TPSA) is 434 Å². The number of methoxy groups -OCH3 is 3. The predicted molar refractivity (Wildman–Crippen MR) is 234 cm³/mol. The number of fused-ring (bicyclic) bond motifs is 1. The third-order valence-corrected chi connectivity index (χ3v) is 11.2. The molecule has 0 radical (unpaired) electrons. The van der Waals surface area contributed by atoms with Gasteiger partial charge in [0.25, 0.3) is 0 Å². The van der Waals surface area contributed by atoms with E-state index < -0.39 is 75.6 Å². The van der Waals surface area contributed by atoms with Gasteiger partial charge in [-0.25, -0.2) is 29.3 Å². The van der Waals surface area contributed by atoms with Crippen molar-refractivity contribution in [1.82, 2.24) is 24.5 Å². The molecule has 0 aliphatic carbocycles. The summed E-state index contributed by atoms with van der Waals surface area (Å²) in [4.78, 5) is 44.7. The van der Waals surface area contributed by atoms with Crippen LogP contribution < -0.4 is 41.7 Å². The summed E-state index contributed by atoms with van der Waals surface area (Å²) in [7, 11) is 1.68. The fourth-order valence-electron chi connectivity index (χ4n) is 7.35. The normalized spacial score (nSPS) is 24.5. The van der Waals surface area contributed by atoms with Crippen molar-refractivity contribution in [3.8, 4) is 17.2 Å². The average molecular weight is 964 g/mol. The highest BCUT2D eigenvalue weighted by molar-refractivity contribution is 7.46. The molecule has 16 N–H and O–H groups in total. The van der Waals surface area contributed by atoms with Crippen LogP contribution in [0.3, 0.4) is 0 Å². The first-order chi connectivity index (χ1) is 31.6. The zero-order chi connectivity index (χ0) is 49.2. The second-order valence-electron chi connectivity index (χ2n) is 14.9. The molecule has 6 heterocycles. The Morgan fingerprint density at radius 3 is 2.16 bits per heavy atom. The highest BCUT2D eigenvalue weighted by Crippen LogP contribution is 2.42. The predicted octanol–water partition coefficient (Wildman–Crippen LogP) is -2.16. The maximum atomic E-state index is 10.9. The molecule has 0 spiro atoms. The molecular weight excluding hydrogens is 913 g/mol. The maximum Gasteiger partial charge on any atom is 0.469 e. The average Bonchev–Trinajstić information content (AvgIpc) is 3.81. The SMILES string of the molecule is CN1N=C(N)c2cn([C@@H]3O[C@H](COP(=O)(O)O)[C@@H](O)[C@H]3O)c3ncnc1c23.COc1cc(NCc2ccc3nc(N)nc(N)c3c2C)cc(OC)c1OC.O=C(O)[C@H]1O[C@@H](O)[C@H](O)[C@@H](O)[C@@H]1O. The lowest BCUT2D eigenvalue weighted by Gasteiger charge is -2.36. The number of nitrogens with one attached hydrogen (secondary N) is 1. The second kappa shape index (κ2) is 20.3. The number of carbonyl (C=O) groups is 1. The van der Waals surface area contributed by atoms with Crippen LogP contribution in [0.25, 0.3) is 21.9 Å². The Balaban J connectivity index is 0.000000176. The van der Waals surface area contributed by atoms with Gasteiger partial charge in [0.15, 0.2) is 41.8 Å². The van der Waals surface area contributed by atoms with Crippen LogP contribution in [0.4, 0.5) is 23.3 Å². The number of benzene rings is 2. The zero-order valence-electron chi connectivity index (χ0n) is 36.2. The van der Waals surface area contributed by atoms with Crippen molar-refractivity contribution in [1.29, 1.82) is 0 Å². The van der Waals surface area contributed by atoms with Crippen LogP contribution in [0.1, 0.15) is 22.9 Å².